The number of carbonyl (C=O) groups is 2. The summed E-state index contributed by atoms with van der Waals surface area (Å²) in [5.74, 6) is -1.85. The molecule has 0 saturated carbocycles. The van der Waals surface area contributed by atoms with E-state index in [9.17, 15) is 19.8 Å². The third kappa shape index (κ3) is 5.48. The molecule has 0 radical (unpaired) electrons. The summed E-state index contributed by atoms with van der Waals surface area (Å²) < 4.78 is 20.9. The molecule has 0 unspecified atom stereocenters. The van der Waals surface area contributed by atoms with Crippen molar-refractivity contribution in [3.63, 3.8) is 0 Å². The van der Waals surface area contributed by atoms with Crippen LogP contribution in [-0.4, -0.2) is 35.4 Å². The number of carbonyl (C=O) groups excluding carboxylic acids is 2. The largest absolute Gasteiger partial charge is 0.504 e. The Balaban J connectivity index is 1.70. The van der Waals surface area contributed by atoms with E-state index < -0.39 is 23.4 Å². The van der Waals surface area contributed by atoms with Gasteiger partial charge in [-0.15, -0.1) is 0 Å². The standard InChI is InChI=1S/C24H22O8/c1-3-29-17-9-5-15(6-10-17)23(27)31-21-13-20(26)22(14-19(21)25)32-24(28)16-7-11-18(12-8-16)30-4-2/h5-14,25-26H,3-4H2,1-2H3. The zero-order valence-corrected chi connectivity index (χ0v) is 17.5. The van der Waals surface area contributed by atoms with Gasteiger partial charge in [0.2, 0.25) is 0 Å². The van der Waals surface area contributed by atoms with E-state index in [1.54, 1.807) is 24.3 Å². The summed E-state index contributed by atoms with van der Waals surface area (Å²) in [4.78, 5) is 24.6. The first-order valence-electron chi connectivity index (χ1n) is 9.87. The van der Waals surface area contributed by atoms with E-state index in [0.29, 0.717) is 24.7 Å². The number of ether oxygens (including phenoxy) is 4. The van der Waals surface area contributed by atoms with Crippen LogP contribution in [0.3, 0.4) is 0 Å². The number of rotatable bonds is 8. The average Bonchev–Trinajstić information content (AvgIpc) is 2.78. The first-order valence-corrected chi connectivity index (χ1v) is 9.87. The minimum atomic E-state index is -0.748. The van der Waals surface area contributed by atoms with Crippen molar-refractivity contribution < 1.29 is 38.7 Å². The molecular formula is C24H22O8. The quantitative estimate of drug-likeness (QED) is 0.304. The van der Waals surface area contributed by atoms with Crippen molar-refractivity contribution in [1.29, 1.82) is 0 Å². The Bertz CT molecular complexity index is 999. The van der Waals surface area contributed by atoms with E-state index in [0.717, 1.165) is 12.1 Å². The van der Waals surface area contributed by atoms with Crippen LogP contribution in [0.15, 0.2) is 60.7 Å². The molecule has 166 valence electrons. The SMILES string of the molecule is CCOc1ccc(C(=O)Oc2cc(O)c(OC(=O)c3ccc(OCC)cc3)cc2O)cc1. The molecule has 8 nitrogen and oxygen atoms in total. The molecule has 0 aromatic heterocycles. The van der Waals surface area contributed by atoms with Crippen molar-refractivity contribution in [2.45, 2.75) is 13.8 Å². The highest BCUT2D eigenvalue weighted by Gasteiger charge is 2.18. The lowest BCUT2D eigenvalue weighted by Crippen LogP contribution is -2.10. The van der Waals surface area contributed by atoms with Gasteiger partial charge in [0.05, 0.1) is 24.3 Å². The van der Waals surface area contributed by atoms with Crippen LogP contribution in [0.5, 0.6) is 34.5 Å². The van der Waals surface area contributed by atoms with E-state index in [2.05, 4.69) is 0 Å². The molecule has 32 heavy (non-hydrogen) atoms. The van der Waals surface area contributed by atoms with E-state index in [1.807, 2.05) is 13.8 Å². The van der Waals surface area contributed by atoms with Crippen LogP contribution in [0.25, 0.3) is 0 Å². The zero-order chi connectivity index (χ0) is 23.1. The Kier molecular flexibility index (Phi) is 7.17. The number of hydrogen-bond donors (Lipinski definition) is 2. The number of esters is 2. The van der Waals surface area contributed by atoms with Crippen LogP contribution < -0.4 is 18.9 Å². The predicted octanol–water partition coefficient (Wildman–Crippen LogP) is 4.33. The molecule has 0 aliphatic carbocycles. The Hall–Kier alpha value is -4.20. The highest BCUT2D eigenvalue weighted by atomic mass is 16.6. The molecule has 0 bridgehead atoms. The second-order valence-electron chi connectivity index (χ2n) is 6.48. The van der Waals surface area contributed by atoms with Crippen molar-refractivity contribution in [2.75, 3.05) is 13.2 Å². The predicted molar refractivity (Wildman–Crippen MR) is 115 cm³/mol. The first kappa shape index (κ1) is 22.5. The van der Waals surface area contributed by atoms with Crippen LogP contribution in [0.4, 0.5) is 0 Å². The second-order valence-corrected chi connectivity index (χ2v) is 6.48. The normalized spacial score (nSPS) is 10.3. The summed E-state index contributed by atoms with van der Waals surface area (Å²) >= 11 is 0. The smallest absolute Gasteiger partial charge is 0.343 e. The Morgan fingerprint density at radius 1 is 0.656 bits per heavy atom. The first-order chi connectivity index (χ1) is 15.4. The lowest BCUT2D eigenvalue weighted by Gasteiger charge is -2.11. The van der Waals surface area contributed by atoms with E-state index in [1.165, 1.54) is 24.3 Å². The topological polar surface area (TPSA) is 112 Å². The van der Waals surface area contributed by atoms with Crippen molar-refractivity contribution in [2.24, 2.45) is 0 Å². The van der Waals surface area contributed by atoms with Gasteiger partial charge in [-0.05, 0) is 62.4 Å². The molecule has 0 aliphatic heterocycles. The van der Waals surface area contributed by atoms with Gasteiger partial charge < -0.3 is 29.2 Å². The van der Waals surface area contributed by atoms with Gasteiger partial charge in [-0.3, -0.25) is 0 Å². The second kappa shape index (κ2) is 10.2. The number of aromatic hydroxyl groups is 2. The van der Waals surface area contributed by atoms with Crippen LogP contribution in [0.1, 0.15) is 34.6 Å². The minimum Gasteiger partial charge on any atom is -0.504 e. The molecule has 0 amide bonds. The van der Waals surface area contributed by atoms with Crippen molar-refractivity contribution in [3.8, 4) is 34.5 Å². The van der Waals surface area contributed by atoms with Crippen LogP contribution in [0.2, 0.25) is 0 Å². The summed E-state index contributed by atoms with van der Waals surface area (Å²) in [6.07, 6.45) is 0. The van der Waals surface area contributed by atoms with Gasteiger partial charge in [-0.2, -0.15) is 0 Å². The van der Waals surface area contributed by atoms with Gasteiger partial charge in [-0.1, -0.05) is 0 Å². The average molecular weight is 438 g/mol. The van der Waals surface area contributed by atoms with Gasteiger partial charge in [0.1, 0.15) is 11.5 Å². The molecule has 0 fully saturated rings. The fraction of sp³-hybridized carbons (Fsp3) is 0.167. The third-order valence-electron chi connectivity index (χ3n) is 4.25. The summed E-state index contributed by atoms with van der Waals surface area (Å²) in [6.45, 7) is 4.67. The fourth-order valence-electron chi connectivity index (χ4n) is 2.73. The summed E-state index contributed by atoms with van der Waals surface area (Å²) in [5.41, 5.74) is 0.441. The molecule has 0 saturated heterocycles. The molecule has 3 aromatic rings. The Morgan fingerprint density at radius 3 is 1.31 bits per heavy atom. The van der Waals surface area contributed by atoms with E-state index >= 15 is 0 Å². The van der Waals surface area contributed by atoms with Crippen molar-refractivity contribution in [3.05, 3.63) is 71.8 Å². The zero-order valence-electron chi connectivity index (χ0n) is 17.5. The van der Waals surface area contributed by atoms with Gasteiger partial charge >= 0.3 is 11.9 Å². The fourth-order valence-corrected chi connectivity index (χ4v) is 2.73. The Labute approximate surface area is 184 Å². The Morgan fingerprint density at radius 2 is 1.00 bits per heavy atom. The van der Waals surface area contributed by atoms with E-state index in [-0.39, 0.29) is 22.6 Å². The summed E-state index contributed by atoms with van der Waals surface area (Å²) in [6, 6.07) is 14.5. The number of benzene rings is 3. The van der Waals surface area contributed by atoms with Crippen molar-refractivity contribution >= 4 is 11.9 Å². The highest BCUT2D eigenvalue weighted by molar-refractivity contribution is 5.92. The minimum absolute atomic E-state index is 0.221. The maximum Gasteiger partial charge on any atom is 0.343 e. The van der Waals surface area contributed by atoms with Gasteiger partial charge in [-0.25, -0.2) is 9.59 Å². The van der Waals surface area contributed by atoms with Gasteiger partial charge in [0, 0.05) is 12.1 Å². The van der Waals surface area contributed by atoms with Crippen LogP contribution in [-0.2, 0) is 0 Å². The molecule has 0 aliphatic rings. The molecule has 2 N–H and O–H groups in total. The maximum absolute atomic E-state index is 12.3. The number of hydrogen-bond acceptors (Lipinski definition) is 8. The molecule has 0 spiro atoms. The molecule has 0 heterocycles. The highest BCUT2D eigenvalue weighted by Crippen LogP contribution is 2.39. The molecular weight excluding hydrogens is 416 g/mol. The van der Waals surface area contributed by atoms with E-state index in [4.69, 9.17) is 18.9 Å². The number of phenols is 2. The summed E-state index contributed by atoms with van der Waals surface area (Å²) in [7, 11) is 0. The van der Waals surface area contributed by atoms with Gasteiger partial charge in [0.25, 0.3) is 0 Å². The van der Waals surface area contributed by atoms with Crippen LogP contribution in [0, 0.1) is 0 Å². The molecule has 3 rings (SSSR count). The summed E-state index contributed by atoms with van der Waals surface area (Å²) in [5, 5.41) is 20.4. The lowest BCUT2D eigenvalue weighted by atomic mass is 10.2. The van der Waals surface area contributed by atoms with Crippen molar-refractivity contribution in [1.82, 2.24) is 0 Å². The van der Waals surface area contributed by atoms with Gasteiger partial charge in [0.15, 0.2) is 23.0 Å². The maximum atomic E-state index is 12.3. The molecule has 3 aromatic carbocycles. The van der Waals surface area contributed by atoms with Crippen LogP contribution >= 0.6 is 0 Å². The lowest BCUT2D eigenvalue weighted by molar-refractivity contribution is 0.0711. The monoisotopic (exact) mass is 438 g/mol. The third-order valence-corrected chi connectivity index (χ3v) is 4.25. The number of phenolic OH excluding ortho intramolecular Hbond substituents is 2. The molecule has 8 heteroatoms. The molecule has 0 atom stereocenters.